The van der Waals surface area contributed by atoms with Crippen LogP contribution in [0.25, 0.3) is 0 Å². The van der Waals surface area contributed by atoms with Crippen molar-refractivity contribution in [2.24, 2.45) is 5.92 Å². The highest BCUT2D eigenvalue weighted by Crippen LogP contribution is 2.29. The number of esters is 1. The lowest BCUT2D eigenvalue weighted by Crippen LogP contribution is -2.45. The molecular formula is C17H22F3NO4. The van der Waals surface area contributed by atoms with E-state index in [1.54, 1.807) is 13.8 Å². The molecule has 0 radical (unpaired) electrons. The Hall–Kier alpha value is -2.09. The Labute approximate surface area is 144 Å². The molecule has 0 aliphatic rings. The predicted molar refractivity (Wildman–Crippen MR) is 84.8 cm³/mol. The second kappa shape index (κ2) is 8.84. The highest BCUT2D eigenvalue weighted by molar-refractivity contribution is 5.94. The van der Waals surface area contributed by atoms with E-state index >= 15 is 0 Å². The van der Waals surface area contributed by atoms with Crippen LogP contribution in [0.5, 0.6) is 0 Å². The lowest BCUT2D eigenvalue weighted by molar-refractivity contribution is -0.145. The minimum Gasteiger partial charge on any atom is -0.469 e. The van der Waals surface area contributed by atoms with Crippen molar-refractivity contribution >= 4 is 11.9 Å². The Morgan fingerprint density at radius 2 is 1.80 bits per heavy atom. The summed E-state index contributed by atoms with van der Waals surface area (Å²) in [5.41, 5.74) is -0.801. The van der Waals surface area contributed by atoms with Gasteiger partial charge in [-0.05, 0) is 30.7 Å². The van der Waals surface area contributed by atoms with Gasteiger partial charge in [0.15, 0.2) is 0 Å². The Morgan fingerprint density at radius 1 is 1.24 bits per heavy atom. The minimum atomic E-state index is -4.49. The van der Waals surface area contributed by atoms with E-state index in [1.165, 1.54) is 12.0 Å². The van der Waals surface area contributed by atoms with E-state index in [4.69, 9.17) is 0 Å². The summed E-state index contributed by atoms with van der Waals surface area (Å²) >= 11 is 0. The van der Waals surface area contributed by atoms with Gasteiger partial charge in [0.2, 0.25) is 0 Å². The number of amides is 1. The van der Waals surface area contributed by atoms with E-state index in [-0.39, 0.29) is 18.7 Å². The van der Waals surface area contributed by atoms with Gasteiger partial charge in [-0.1, -0.05) is 13.8 Å². The van der Waals surface area contributed by atoms with E-state index < -0.39 is 35.6 Å². The van der Waals surface area contributed by atoms with E-state index in [1.807, 2.05) is 0 Å². The second-order valence-electron chi connectivity index (χ2n) is 5.70. The van der Waals surface area contributed by atoms with Gasteiger partial charge in [0.1, 0.15) is 0 Å². The predicted octanol–water partition coefficient (Wildman–Crippen LogP) is 2.73. The van der Waals surface area contributed by atoms with Gasteiger partial charge < -0.3 is 14.7 Å². The second-order valence-corrected chi connectivity index (χ2v) is 5.70. The van der Waals surface area contributed by atoms with Gasteiger partial charge in [-0.25, -0.2) is 0 Å². The lowest BCUT2D eigenvalue weighted by atomic mass is 10.1. The molecule has 8 heteroatoms. The number of nitrogens with zero attached hydrogens (tertiary/aromatic N) is 1. The molecule has 1 aromatic rings. The van der Waals surface area contributed by atoms with Gasteiger partial charge in [0, 0.05) is 12.1 Å². The van der Waals surface area contributed by atoms with E-state index in [2.05, 4.69) is 4.74 Å². The Kier molecular flexibility index (Phi) is 7.41. The van der Waals surface area contributed by atoms with Crippen LogP contribution >= 0.6 is 0 Å². The van der Waals surface area contributed by atoms with Crippen LogP contribution in [-0.4, -0.2) is 48.2 Å². The average molecular weight is 361 g/mol. The largest absolute Gasteiger partial charge is 0.469 e. The van der Waals surface area contributed by atoms with Crippen molar-refractivity contribution in [1.82, 2.24) is 4.90 Å². The molecule has 0 heterocycles. The monoisotopic (exact) mass is 361 g/mol. The maximum atomic E-state index is 12.7. The number of benzene rings is 1. The van der Waals surface area contributed by atoms with Crippen LogP contribution in [0.15, 0.2) is 24.3 Å². The van der Waals surface area contributed by atoms with E-state index in [0.29, 0.717) is 6.42 Å². The van der Waals surface area contributed by atoms with Crippen LogP contribution < -0.4 is 0 Å². The number of halogens is 3. The normalized spacial score (nSPS) is 13.9. The molecule has 0 fully saturated rings. The van der Waals surface area contributed by atoms with Crippen LogP contribution in [0, 0.1) is 5.92 Å². The number of carbonyl (C=O) groups is 2. The Bertz CT molecular complexity index is 583. The molecule has 1 N–H and O–H groups in total. The molecule has 140 valence electrons. The Balaban J connectivity index is 3.08. The van der Waals surface area contributed by atoms with Crippen molar-refractivity contribution in [3.8, 4) is 0 Å². The molecule has 0 saturated heterocycles. The van der Waals surface area contributed by atoms with E-state index in [9.17, 15) is 27.9 Å². The minimum absolute atomic E-state index is 0.00834. The number of alkyl halides is 3. The van der Waals surface area contributed by atoms with Crippen LogP contribution in [0.2, 0.25) is 0 Å². The first-order valence-corrected chi connectivity index (χ1v) is 7.82. The van der Waals surface area contributed by atoms with Crippen molar-refractivity contribution in [3.05, 3.63) is 35.4 Å². The third kappa shape index (κ3) is 5.45. The summed E-state index contributed by atoms with van der Waals surface area (Å²) < 4.78 is 42.5. The summed E-state index contributed by atoms with van der Waals surface area (Å²) in [5.74, 6) is -1.70. The first kappa shape index (κ1) is 21.0. The number of hydrogen-bond donors (Lipinski definition) is 1. The standard InChI is InChI=1S/C17H22F3NO4/c1-4-14(10-22)21(9-11(2)16(24)25-3)15(23)12-5-7-13(8-6-12)17(18,19)20/h5-8,11,14,22H,4,9-10H2,1-3H3. The van der Waals surface area contributed by atoms with Gasteiger partial charge in [-0.15, -0.1) is 0 Å². The molecule has 1 amide bonds. The van der Waals surface area contributed by atoms with Crippen LogP contribution in [0.4, 0.5) is 13.2 Å². The number of aliphatic hydroxyl groups is 1. The van der Waals surface area contributed by atoms with E-state index in [0.717, 1.165) is 24.3 Å². The summed E-state index contributed by atoms with van der Waals surface area (Å²) in [6.45, 7) is 3.00. The maximum absolute atomic E-state index is 12.7. The molecule has 1 aromatic carbocycles. The molecular weight excluding hydrogens is 339 g/mol. The fraction of sp³-hybridized carbons (Fsp3) is 0.529. The van der Waals surface area contributed by atoms with Crippen molar-refractivity contribution in [3.63, 3.8) is 0 Å². The fourth-order valence-electron chi connectivity index (χ4n) is 2.38. The topological polar surface area (TPSA) is 66.8 Å². The number of hydrogen-bond acceptors (Lipinski definition) is 4. The first-order valence-electron chi connectivity index (χ1n) is 7.82. The first-order chi connectivity index (χ1) is 11.6. The molecule has 2 atom stereocenters. The number of aliphatic hydroxyl groups excluding tert-OH is 1. The van der Waals surface area contributed by atoms with Crippen molar-refractivity contribution in [2.45, 2.75) is 32.5 Å². The van der Waals surface area contributed by atoms with Gasteiger partial charge in [0.25, 0.3) is 5.91 Å². The highest BCUT2D eigenvalue weighted by Gasteiger charge is 2.31. The summed E-state index contributed by atoms with van der Waals surface area (Å²) in [5, 5.41) is 9.49. The molecule has 0 bridgehead atoms. The average Bonchev–Trinajstić information content (AvgIpc) is 2.59. The number of carbonyl (C=O) groups excluding carboxylic acids is 2. The zero-order valence-electron chi connectivity index (χ0n) is 14.3. The molecule has 0 aromatic heterocycles. The zero-order chi connectivity index (χ0) is 19.2. The molecule has 25 heavy (non-hydrogen) atoms. The molecule has 0 spiro atoms. The summed E-state index contributed by atoms with van der Waals surface area (Å²) in [6.07, 6.45) is -4.06. The molecule has 1 rings (SSSR count). The van der Waals surface area contributed by atoms with Crippen molar-refractivity contribution < 1.29 is 32.6 Å². The van der Waals surface area contributed by atoms with Gasteiger partial charge in [0.05, 0.1) is 31.2 Å². The third-order valence-electron chi connectivity index (χ3n) is 3.92. The fourth-order valence-corrected chi connectivity index (χ4v) is 2.38. The summed E-state index contributed by atoms with van der Waals surface area (Å²) in [6, 6.07) is 3.28. The number of rotatable bonds is 7. The third-order valence-corrected chi connectivity index (χ3v) is 3.92. The maximum Gasteiger partial charge on any atom is 0.416 e. The molecule has 0 aliphatic carbocycles. The van der Waals surface area contributed by atoms with Gasteiger partial charge in [-0.2, -0.15) is 13.2 Å². The summed E-state index contributed by atoms with van der Waals surface area (Å²) in [4.78, 5) is 25.6. The number of ether oxygens (including phenoxy) is 1. The molecule has 5 nitrogen and oxygen atoms in total. The smallest absolute Gasteiger partial charge is 0.416 e. The number of methoxy groups -OCH3 is 1. The van der Waals surface area contributed by atoms with Crippen LogP contribution in [-0.2, 0) is 15.7 Å². The quantitative estimate of drug-likeness (QED) is 0.759. The summed E-state index contributed by atoms with van der Waals surface area (Å²) in [7, 11) is 1.23. The molecule has 0 saturated carbocycles. The molecule has 0 aliphatic heterocycles. The Morgan fingerprint density at radius 3 is 2.20 bits per heavy atom. The van der Waals surface area contributed by atoms with Gasteiger partial charge >= 0.3 is 12.1 Å². The van der Waals surface area contributed by atoms with Crippen LogP contribution in [0.1, 0.15) is 36.2 Å². The van der Waals surface area contributed by atoms with Crippen molar-refractivity contribution in [1.29, 1.82) is 0 Å². The molecule has 2 unspecified atom stereocenters. The lowest BCUT2D eigenvalue weighted by Gasteiger charge is -2.31. The van der Waals surface area contributed by atoms with Crippen LogP contribution in [0.3, 0.4) is 0 Å². The SMILES string of the molecule is CCC(CO)N(CC(C)C(=O)OC)C(=O)c1ccc(C(F)(F)F)cc1. The zero-order valence-corrected chi connectivity index (χ0v) is 14.3. The van der Waals surface area contributed by atoms with Crippen molar-refractivity contribution in [2.75, 3.05) is 20.3 Å². The van der Waals surface area contributed by atoms with Gasteiger partial charge in [-0.3, -0.25) is 9.59 Å². The highest BCUT2D eigenvalue weighted by atomic mass is 19.4.